The second-order valence-electron chi connectivity index (χ2n) is 6.23. The summed E-state index contributed by atoms with van der Waals surface area (Å²) < 4.78 is 5.11. The Kier molecular flexibility index (Phi) is 6.07. The summed E-state index contributed by atoms with van der Waals surface area (Å²) in [4.78, 5) is 25.2. The van der Waals surface area contributed by atoms with Crippen molar-refractivity contribution in [2.75, 3.05) is 17.7 Å². The molecule has 5 nitrogen and oxygen atoms in total. The molecule has 2 amide bonds. The van der Waals surface area contributed by atoms with Crippen LogP contribution in [-0.4, -0.2) is 18.9 Å². The number of carbonyl (C=O) groups is 2. The predicted octanol–water partition coefficient (Wildman–Crippen LogP) is 4.76. The van der Waals surface area contributed by atoms with Gasteiger partial charge in [0.05, 0.1) is 7.11 Å². The molecule has 0 aromatic heterocycles. The minimum Gasteiger partial charge on any atom is -0.497 e. The first kappa shape index (κ1) is 19.2. The van der Waals surface area contributed by atoms with Crippen LogP contribution < -0.4 is 15.4 Å². The number of aryl methyl sites for hydroxylation is 1. The Hall–Kier alpha value is -3.60. The molecule has 0 aliphatic carbocycles. The number of benzene rings is 3. The highest BCUT2D eigenvalue weighted by atomic mass is 16.5. The summed E-state index contributed by atoms with van der Waals surface area (Å²) in [5, 5.41) is 5.74. The lowest BCUT2D eigenvalue weighted by molar-refractivity contribution is 0.102. The van der Waals surface area contributed by atoms with Crippen LogP contribution in [-0.2, 0) is 6.42 Å². The summed E-state index contributed by atoms with van der Waals surface area (Å²) in [6.45, 7) is 2.04. The summed E-state index contributed by atoms with van der Waals surface area (Å²) in [5.74, 6) is 0.179. The molecule has 3 aromatic carbocycles. The van der Waals surface area contributed by atoms with Gasteiger partial charge in [0.25, 0.3) is 11.8 Å². The third-order valence-electron chi connectivity index (χ3n) is 4.38. The van der Waals surface area contributed by atoms with Gasteiger partial charge >= 0.3 is 0 Å². The van der Waals surface area contributed by atoms with Gasteiger partial charge in [0.15, 0.2) is 0 Å². The van der Waals surface area contributed by atoms with Crippen LogP contribution in [0.15, 0.2) is 72.8 Å². The van der Waals surface area contributed by atoms with Crippen LogP contribution in [0.3, 0.4) is 0 Å². The van der Waals surface area contributed by atoms with E-state index < -0.39 is 0 Å². The van der Waals surface area contributed by atoms with Crippen LogP contribution in [0.25, 0.3) is 0 Å². The van der Waals surface area contributed by atoms with Crippen molar-refractivity contribution in [2.45, 2.75) is 13.3 Å². The summed E-state index contributed by atoms with van der Waals surface area (Å²) in [6.07, 6.45) is 0.820. The Morgan fingerprint density at radius 2 is 1.46 bits per heavy atom. The molecule has 5 heteroatoms. The minimum atomic E-state index is -0.284. The number of amides is 2. The predicted molar refractivity (Wildman–Crippen MR) is 111 cm³/mol. The smallest absolute Gasteiger partial charge is 0.255 e. The Balaban J connectivity index is 1.73. The monoisotopic (exact) mass is 374 g/mol. The summed E-state index contributed by atoms with van der Waals surface area (Å²) in [5.41, 5.74) is 3.32. The third kappa shape index (κ3) is 4.57. The van der Waals surface area contributed by atoms with Crippen LogP contribution in [0.5, 0.6) is 5.75 Å². The molecule has 3 rings (SSSR count). The molecule has 0 heterocycles. The highest BCUT2D eigenvalue weighted by Gasteiger charge is 2.12. The number of anilines is 2. The lowest BCUT2D eigenvalue weighted by Crippen LogP contribution is -2.16. The average Bonchev–Trinajstić information content (AvgIpc) is 2.74. The zero-order valence-corrected chi connectivity index (χ0v) is 15.9. The van der Waals surface area contributed by atoms with Crippen molar-refractivity contribution < 1.29 is 14.3 Å². The number of hydrogen-bond acceptors (Lipinski definition) is 3. The van der Waals surface area contributed by atoms with Gasteiger partial charge in [-0.1, -0.05) is 31.2 Å². The Morgan fingerprint density at radius 1 is 0.821 bits per heavy atom. The number of rotatable bonds is 6. The minimum absolute atomic E-state index is 0.250. The molecule has 3 aromatic rings. The van der Waals surface area contributed by atoms with Crippen LogP contribution in [0.4, 0.5) is 11.4 Å². The first-order chi connectivity index (χ1) is 13.6. The van der Waals surface area contributed by atoms with E-state index in [1.54, 1.807) is 55.6 Å². The zero-order chi connectivity index (χ0) is 19.9. The molecule has 0 saturated carbocycles. The van der Waals surface area contributed by atoms with Crippen LogP contribution in [0.2, 0.25) is 0 Å². The lowest BCUT2D eigenvalue weighted by Gasteiger charge is -2.11. The molecule has 0 aliphatic rings. The van der Waals surface area contributed by atoms with Crippen molar-refractivity contribution in [3.05, 3.63) is 89.5 Å². The summed E-state index contributed by atoms with van der Waals surface area (Å²) >= 11 is 0. The Bertz CT molecular complexity index is 981. The van der Waals surface area contributed by atoms with E-state index in [2.05, 4.69) is 10.6 Å². The van der Waals surface area contributed by atoms with Crippen LogP contribution in [0, 0.1) is 0 Å². The maximum absolute atomic E-state index is 12.6. The number of methoxy groups -OCH3 is 1. The topological polar surface area (TPSA) is 67.4 Å². The summed E-state index contributed by atoms with van der Waals surface area (Å²) in [7, 11) is 1.59. The molecule has 0 fully saturated rings. The summed E-state index contributed by atoms with van der Waals surface area (Å²) in [6, 6.07) is 21.4. The highest BCUT2D eigenvalue weighted by Crippen LogP contribution is 2.18. The maximum Gasteiger partial charge on any atom is 0.255 e. The molecule has 142 valence electrons. The molecule has 0 radical (unpaired) electrons. The van der Waals surface area contributed by atoms with E-state index in [9.17, 15) is 9.59 Å². The maximum atomic E-state index is 12.6. The first-order valence-electron chi connectivity index (χ1n) is 9.05. The standard InChI is InChI=1S/C23H22N2O3/c1-3-16-7-4-5-10-21(16)25-23(27)18-9-6-8-17(15-18)22(26)24-19-11-13-20(28-2)14-12-19/h4-15H,3H2,1-2H3,(H,24,26)(H,25,27). The molecule has 0 atom stereocenters. The van der Waals surface area contributed by atoms with Gasteiger partial charge in [-0.25, -0.2) is 0 Å². The second-order valence-corrected chi connectivity index (χ2v) is 6.23. The van der Waals surface area contributed by atoms with Crippen LogP contribution >= 0.6 is 0 Å². The highest BCUT2D eigenvalue weighted by molar-refractivity contribution is 6.08. The number of hydrogen-bond donors (Lipinski definition) is 2. The molecule has 0 unspecified atom stereocenters. The van der Waals surface area contributed by atoms with Gasteiger partial charge in [-0.15, -0.1) is 0 Å². The number of carbonyl (C=O) groups excluding carboxylic acids is 2. The van der Waals surface area contributed by atoms with E-state index >= 15 is 0 Å². The molecule has 0 aliphatic heterocycles. The average molecular weight is 374 g/mol. The van der Waals surface area contributed by atoms with Crippen molar-refractivity contribution in [3.8, 4) is 5.75 Å². The molecule has 28 heavy (non-hydrogen) atoms. The number of nitrogens with one attached hydrogen (secondary N) is 2. The van der Waals surface area contributed by atoms with Crippen LogP contribution in [0.1, 0.15) is 33.2 Å². The van der Waals surface area contributed by atoms with Crippen molar-refractivity contribution in [2.24, 2.45) is 0 Å². The fourth-order valence-electron chi connectivity index (χ4n) is 2.82. The van der Waals surface area contributed by atoms with E-state index in [4.69, 9.17) is 4.74 Å². The normalized spacial score (nSPS) is 10.2. The van der Waals surface area contributed by atoms with E-state index in [1.807, 2.05) is 31.2 Å². The lowest BCUT2D eigenvalue weighted by atomic mass is 10.1. The third-order valence-corrected chi connectivity index (χ3v) is 4.38. The molecule has 0 bridgehead atoms. The van der Waals surface area contributed by atoms with Crippen molar-refractivity contribution in [1.29, 1.82) is 0 Å². The molecule has 0 saturated heterocycles. The molecule has 2 N–H and O–H groups in total. The fourth-order valence-corrected chi connectivity index (χ4v) is 2.82. The largest absolute Gasteiger partial charge is 0.497 e. The number of para-hydroxylation sites is 1. The molecular weight excluding hydrogens is 352 g/mol. The van der Waals surface area contributed by atoms with Crippen molar-refractivity contribution >= 4 is 23.2 Å². The van der Waals surface area contributed by atoms with Gasteiger partial charge in [-0.3, -0.25) is 9.59 Å². The number of ether oxygens (including phenoxy) is 1. The molecule has 0 spiro atoms. The quantitative estimate of drug-likeness (QED) is 0.653. The SMILES string of the molecule is CCc1ccccc1NC(=O)c1cccc(C(=O)Nc2ccc(OC)cc2)c1. The van der Waals surface area contributed by atoms with E-state index in [0.717, 1.165) is 17.7 Å². The van der Waals surface area contributed by atoms with Gasteiger partial charge in [0.2, 0.25) is 0 Å². The first-order valence-corrected chi connectivity index (χ1v) is 9.05. The van der Waals surface area contributed by atoms with Gasteiger partial charge in [-0.2, -0.15) is 0 Å². The van der Waals surface area contributed by atoms with Gasteiger partial charge in [0.1, 0.15) is 5.75 Å². The molecular formula is C23H22N2O3. The second kappa shape index (κ2) is 8.86. The van der Waals surface area contributed by atoms with Crippen molar-refractivity contribution in [1.82, 2.24) is 0 Å². The van der Waals surface area contributed by atoms with Gasteiger partial charge in [0, 0.05) is 22.5 Å². The van der Waals surface area contributed by atoms with E-state index in [1.165, 1.54) is 0 Å². The van der Waals surface area contributed by atoms with Crippen molar-refractivity contribution in [3.63, 3.8) is 0 Å². The van der Waals surface area contributed by atoms with Gasteiger partial charge in [-0.05, 0) is 60.5 Å². The van der Waals surface area contributed by atoms with Gasteiger partial charge < -0.3 is 15.4 Å². The Labute approximate surface area is 164 Å². The van der Waals surface area contributed by atoms with E-state index in [-0.39, 0.29) is 11.8 Å². The zero-order valence-electron chi connectivity index (χ0n) is 15.9. The fraction of sp³-hybridized carbons (Fsp3) is 0.130. The Morgan fingerprint density at radius 3 is 2.11 bits per heavy atom. The van der Waals surface area contributed by atoms with E-state index in [0.29, 0.717) is 22.6 Å².